The van der Waals surface area contributed by atoms with Crippen molar-refractivity contribution in [2.75, 3.05) is 12.3 Å². The normalized spacial score (nSPS) is 10.6. The van der Waals surface area contributed by atoms with Gasteiger partial charge in [0.2, 0.25) is 0 Å². The van der Waals surface area contributed by atoms with Crippen molar-refractivity contribution in [3.05, 3.63) is 48.5 Å². The van der Waals surface area contributed by atoms with Crippen LogP contribution >= 0.6 is 0 Å². The van der Waals surface area contributed by atoms with Crippen molar-refractivity contribution in [2.24, 2.45) is 5.92 Å². The molecule has 0 aliphatic heterocycles. The predicted octanol–water partition coefficient (Wildman–Crippen LogP) is 3.97. The molecule has 2 heteroatoms. The summed E-state index contributed by atoms with van der Waals surface area (Å²) >= 11 is 0. The van der Waals surface area contributed by atoms with Gasteiger partial charge in [-0.15, -0.1) is 0 Å². The minimum Gasteiger partial charge on any atom is -0.493 e. The maximum atomic E-state index is 5.80. The molecule has 0 aliphatic rings. The molecule has 0 fully saturated rings. The molecule has 0 heterocycles. The lowest BCUT2D eigenvalue weighted by Crippen LogP contribution is -2.04. The highest BCUT2D eigenvalue weighted by molar-refractivity contribution is 5.68. The topological polar surface area (TPSA) is 35.2 Å². The summed E-state index contributed by atoms with van der Waals surface area (Å²) in [6, 6.07) is 16.0. The molecule has 0 saturated heterocycles. The quantitative estimate of drug-likeness (QED) is 0.822. The number of nitrogens with two attached hydrogens (primary N) is 1. The summed E-state index contributed by atoms with van der Waals surface area (Å²) < 4.78 is 5.73. The van der Waals surface area contributed by atoms with Gasteiger partial charge in [-0.3, -0.25) is 0 Å². The average molecular weight is 241 g/mol. The lowest BCUT2D eigenvalue weighted by molar-refractivity contribution is 0.271. The van der Waals surface area contributed by atoms with Crippen LogP contribution in [0.25, 0.3) is 11.1 Å². The van der Waals surface area contributed by atoms with Crippen molar-refractivity contribution in [1.29, 1.82) is 0 Å². The Balaban J connectivity index is 2.21. The lowest BCUT2D eigenvalue weighted by atomic mass is 10.1. The summed E-state index contributed by atoms with van der Waals surface area (Å²) in [6.07, 6.45) is 0. The van der Waals surface area contributed by atoms with Gasteiger partial charge in [-0.1, -0.05) is 38.1 Å². The van der Waals surface area contributed by atoms with Gasteiger partial charge in [0.15, 0.2) is 0 Å². The Kier molecular flexibility index (Phi) is 3.88. The molecule has 0 bridgehead atoms. The number of hydrogen-bond donors (Lipinski definition) is 1. The van der Waals surface area contributed by atoms with Gasteiger partial charge in [-0.2, -0.15) is 0 Å². The smallest absolute Gasteiger partial charge is 0.119 e. The monoisotopic (exact) mass is 241 g/mol. The van der Waals surface area contributed by atoms with Crippen LogP contribution in [0.5, 0.6) is 5.75 Å². The van der Waals surface area contributed by atoms with E-state index in [1.165, 1.54) is 0 Å². The second kappa shape index (κ2) is 5.58. The van der Waals surface area contributed by atoms with Crippen LogP contribution in [0.1, 0.15) is 13.8 Å². The van der Waals surface area contributed by atoms with Gasteiger partial charge in [-0.25, -0.2) is 0 Å². The summed E-state index contributed by atoms with van der Waals surface area (Å²) in [7, 11) is 0. The molecule has 0 amide bonds. The summed E-state index contributed by atoms with van der Waals surface area (Å²) in [5, 5.41) is 0. The molecular formula is C16H19NO. The minimum absolute atomic E-state index is 0.529. The summed E-state index contributed by atoms with van der Waals surface area (Å²) in [5.41, 5.74) is 8.82. The SMILES string of the molecule is CC(C)COc1cccc(-c2cccc(N)c2)c1. The number of benzene rings is 2. The average Bonchev–Trinajstić information content (AvgIpc) is 2.37. The first kappa shape index (κ1) is 12.5. The van der Waals surface area contributed by atoms with Crippen molar-refractivity contribution in [2.45, 2.75) is 13.8 Å². The molecule has 2 N–H and O–H groups in total. The number of rotatable bonds is 4. The van der Waals surface area contributed by atoms with Gasteiger partial charge < -0.3 is 10.5 Å². The molecule has 0 unspecified atom stereocenters. The standard InChI is InChI=1S/C16H19NO/c1-12(2)11-18-16-8-4-6-14(10-16)13-5-3-7-15(17)9-13/h3-10,12H,11,17H2,1-2H3. The van der Waals surface area contributed by atoms with Crippen molar-refractivity contribution in [3.8, 4) is 16.9 Å². The van der Waals surface area contributed by atoms with Crippen molar-refractivity contribution in [1.82, 2.24) is 0 Å². The molecule has 0 spiro atoms. The van der Waals surface area contributed by atoms with Crippen molar-refractivity contribution >= 4 is 5.69 Å². The highest BCUT2D eigenvalue weighted by Crippen LogP contribution is 2.25. The zero-order valence-corrected chi connectivity index (χ0v) is 10.9. The third-order valence-corrected chi connectivity index (χ3v) is 2.64. The first-order chi connectivity index (χ1) is 8.65. The van der Waals surface area contributed by atoms with E-state index in [-0.39, 0.29) is 0 Å². The van der Waals surface area contributed by atoms with Crippen LogP contribution in [0.3, 0.4) is 0 Å². The first-order valence-corrected chi connectivity index (χ1v) is 6.24. The molecule has 18 heavy (non-hydrogen) atoms. The maximum Gasteiger partial charge on any atom is 0.119 e. The van der Waals surface area contributed by atoms with Crippen LogP contribution in [0, 0.1) is 5.92 Å². The fraction of sp³-hybridized carbons (Fsp3) is 0.250. The van der Waals surface area contributed by atoms with Crippen LogP contribution in [0.15, 0.2) is 48.5 Å². The Morgan fingerprint density at radius 3 is 2.33 bits per heavy atom. The van der Waals surface area contributed by atoms with Gasteiger partial charge in [0.1, 0.15) is 5.75 Å². The highest BCUT2D eigenvalue weighted by atomic mass is 16.5. The molecule has 2 nitrogen and oxygen atoms in total. The zero-order valence-electron chi connectivity index (χ0n) is 10.9. The molecule has 2 rings (SSSR count). The number of hydrogen-bond acceptors (Lipinski definition) is 2. The minimum atomic E-state index is 0.529. The van der Waals surface area contributed by atoms with Gasteiger partial charge in [-0.05, 0) is 41.3 Å². The number of nitrogen functional groups attached to an aromatic ring is 1. The fourth-order valence-electron chi connectivity index (χ4n) is 1.75. The molecule has 0 radical (unpaired) electrons. The Hall–Kier alpha value is -1.96. The maximum absolute atomic E-state index is 5.80. The van der Waals surface area contributed by atoms with E-state index in [2.05, 4.69) is 32.0 Å². The summed E-state index contributed by atoms with van der Waals surface area (Å²) in [5.74, 6) is 1.43. The van der Waals surface area contributed by atoms with Crippen LogP contribution < -0.4 is 10.5 Å². The second-order valence-corrected chi connectivity index (χ2v) is 4.86. The Morgan fingerprint density at radius 2 is 1.67 bits per heavy atom. The van der Waals surface area contributed by atoms with E-state index in [4.69, 9.17) is 10.5 Å². The van der Waals surface area contributed by atoms with Crippen LogP contribution in [-0.2, 0) is 0 Å². The van der Waals surface area contributed by atoms with E-state index in [1.807, 2.05) is 30.3 Å². The van der Waals surface area contributed by atoms with Gasteiger partial charge >= 0.3 is 0 Å². The molecule has 94 valence electrons. The van der Waals surface area contributed by atoms with Crippen molar-refractivity contribution < 1.29 is 4.74 Å². The molecule has 2 aromatic carbocycles. The first-order valence-electron chi connectivity index (χ1n) is 6.24. The Labute approximate surface area is 108 Å². The molecule has 0 aromatic heterocycles. The highest BCUT2D eigenvalue weighted by Gasteiger charge is 2.01. The molecule has 2 aromatic rings. The van der Waals surface area contributed by atoms with Gasteiger partial charge in [0.25, 0.3) is 0 Å². The molecule has 0 atom stereocenters. The zero-order chi connectivity index (χ0) is 13.0. The molecule has 0 aliphatic carbocycles. The third kappa shape index (κ3) is 3.27. The van der Waals surface area contributed by atoms with Crippen molar-refractivity contribution in [3.63, 3.8) is 0 Å². The van der Waals surface area contributed by atoms with Crippen LogP contribution in [-0.4, -0.2) is 6.61 Å². The van der Waals surface area contributed by atoms with E-state index in [1.54, 1.807) is 0 Å². The van der Waals surface area contributed by atoms with Crippen LogP contribution in [0.4, 0.5) is 5.69 Å². The second-order valence-electron chi connectivity index (χ2n) is 4.86. The van der Waals surface area contributed by atoms with E-state index < -0.39 is 0 Å². The third-order valence-electron chi connectivity index (χ3n) is 2.64. The van der Waals surface area contributed by atoms with Crippen LogP contribution in [0.2, 0.25) is 0 Å². The molecule has 0 saturated carbocycles. The summed E-state index contributed by atoms with van der Waals surface area (Å²) in [4.78, 5) is 0. The molecular weight excluding hydrogens is 222 g/mol. The number of anilines is 1. The fourth-order valence-corrected chi connectivity index (χ4v) is 1.75. The van der Waals surface area contributed by atoms with E-state index in [0.717, 1.165) is 29.2 Å². The van der Waals surface area contributed by atoms with E-state index in [0.29, 0.717) is 5.92 Å². The summed E-state index contributed by atoms with van der Waals surface area (Å²) in [6.45, 7) is 5.02. The van der Waals surface area contributed by atoms with Gasteiger partial charge in [0.05, 0.1) is 6.61 Å². The number of ether oxygens (including phenoxy) is 1. The van der Waals surface area contributed by atoms with Gasteiger partial charge in [0, 0.05) is 5.69 Å². The van der Waals surface area contributed by atoms with E-state index in [9.17, 15) is 0 Å². The Morgan fingerprint density at radius 1 is 1.00 bits per heavy atom. The van der Waals surface area contributed by atoms with E-state index >= 15 is 0 Å². The largest absolute Gasteiger partial charge is 0.493 e. The lowest BCUT2D eigenvalue weighted by Gasteiger charge is -2.10. The Bertz CT molecular complexity index is 520. The predicted molar refractivity (Wildman–Crippen MR) is 76.6 cm³/mol.